The van der Waals surface area contributed by atoms with Crippen LogP contribution in [0.4, 0.5) is 0 Å². The van der Waals surface area contributed by atoms with Gasteiger partial charge in [0, 0.05) is 0 Å². The van der Waals surface area contributed by atoms with E-state index in [0.717, 1.165) is 74.0 Å². The van der Waals surface area contributed by atoms with Gasteiger partial charge in [0.1, 0.15) is 0 Å². The Balaban J connectivity index is 1.57. The van der Waals surface area contributed by atoms with Crippen molar-refractivity contribution in [3.05, 3.63) is 0 Å². The zero-order valence-corrected chi connectivity index (χ0v) is 24.8. The maximum absolute atomic E-state index is 10.5. The second-order valence-electron chi connectivity index (χ2n) is 13.5. The Labute approximate surface area is 216 Å². The molecule has 0 heterocycles. The normalized spacial score (nSPS) is 39.5. The minimum atomic E-state index is -1.64. The molecule has 0 bridgehead atoms. The Bertz CT molecular complexity index is 567. The summed E-state index contributed by atoms with van der Waals surface area (Å²) >= 11 is 0. The third kappa shape index (κ3) is 6.31. The molecule has 35 heavy (non-hydrogen) atoms. The molecular formula is C29H58O4P2. The van der Waals surface area contributed by atoms with Crippen molar-refractivity contribution in [3.63, 3.8) is 0 Å². The van der Waals surface area contributed by atoms with Gasteiger partial charge in [-0.15, -0.1) is 0 Å². The summed E-state index contributed by atoms with van der Waals surface area (Å²) in [6.07, 6.45) is 22.0. The molecule has 0 amide bonds. The van der Waals surface area contributed by atoms with Crippen molar-refractivity contribution >= 4 is 14.5 Å². The van der Waals surface area contributed by atoms with E-state index >= 15 is 0 Å². The molecule has 208 valence electrons. The van der Waals surface area contributed by atoms with Gasteiger partial charge in [0.15, 0.2) is 0 Å². The van der Waals surface area contributed by atoms with Gasteiger partial charge in [0.25, 0.3) is 0 Å². The molecule has 6 heteroatoms. The molecule has 4 aliphatic carbocycles. The van der Waals surface area contributed by atoms with E-state index in [1.807, 2.05) is 0 Å². The van der Waals surface area contributed by atoms with Crippen molar-refractivity contribution in [3.8, 4) is 0 Å². The number of rotatable bonds is 12. The van der Waals surface area contributed by atoms with Crippen LogP contribution in [0.3, 0.4) is 0 Å². The Hall–Kier alpha value is 0.700. The van der Waals surface area contributed by atoms with Crippen molar-refractivity contribution in [1.29, 1.82) is 0 Å². The van der Waals surface area contributed by atoms with Crippen LogP contribution in [0.25, 0.3) is 0 Å². The van der Waals surface area contributed by atoms with Crippen LogP contribution in [0.2, 0.25) is 0 Å². The molecule has 0 aromatic rings. The second-order valence-corrected chi connectivity index (χ2v) is 23.7. The molecule has 8 unspecified atom stereocenters. The van der Waals surface area contributed by atoms with Crippen LogP contribution in [0.1, 0.15) is 110 Å². The summed E-state index contributed by atoms with van der Waals surface area (Å²) in [5.41, 5.74) is 2.99. The molecule has 8 atom stereocenters. The fourth-order valence-corrected chi connectivity index (χ4v) is 25.1. The van der Waals surface area contributed by atoms with Crippen molar-refractivity contribution in [2.45, 2.75) is 157 Å². The molecule has 0 aromatic heterocycles. The third-order valence-corrected chi connectivity index (χ3v) is 25.6. The minimum absolute atomic E-state index is 0.0939. The zero-order valence-electron chi connectivity index (χ0n) is 22.8. The van der Waals surface area contributed by atoms with Crippen LogP contribution >= 0.6 is 14.5 Å². The topological polar surface area (TPSA) is 80.9 Å². The van der Waals surface area contributed by atoms with Crippen LogP contribution in [0.15, 0.2) is 0 Å². The van der Waals surface area contributed by atoms with Gasteiger partial charge in [-0.25, -0.2) is 0 Å². The predicted octanol–water partition coefficient (Wildman–Crippen LogP) is 5.35. The molecule has 0 spiro atoms. The Kier molecular flexibility index (Phi) is 10.4. The van der Waals surface area contributed by atoms with Crippen LogP contribution in [0, 0.1) is 0 Å². The summed E-state index contributed by atoms with van der Waals surface area (Å²) in [5.74, 6) is 0. The van der Waals surface area contributed by atoms with Crippen molar-refractivity contribution in [1.82, 2.24) is 0 Å². The van der Waals surface area contributed by atoms with Crippen LogP contribution in [-0.2, 0) is 0 Å². The van der Waals surface area contributed by atoms with E-state index in [4.69, 9.17) is 0 Å². The molecule has 4 rings (SSSR count). The molecule has 4 N–H and O–H groups in total. The molecule has 0 radical (unpaired) electrons. The fourth-order valence-electron chi connectivity index (χ4n) is 10.1. The SMILES string of the molecule is CCC[PH](CCC[PH](CCC)(C1CCC(O)C1)C1CCC(O)C1)(C1CCC(O)C1)C1CCC(O)C1. The molecule has 0 aliphatic heterocycles. The van der Waals surface area contributed by atoms with Crippen molar-refractivity contribution in [2.24, 2.45) is 0 Å². The third-order valence-electron chi connectivity index (χ3n) is 11.6. The van der Waals surface area contributed by atoms with Gasteiger partial charge in [0.2, 0.25) is 0 Å². The van der Waals surface area contributed by atoms with Gasteiger partial charge in [-0.2, -0.15) is 0 Å². The van der Waals surface area contributed by atoms with Gasteiger partial charge in [-0.3, -0.25) is 0 Å². The maximum atomic E-state index is 10.5. The van der Waals surface area contributed by atoms with E-state index < -0.39 is 14.5 Å². The van der Waals surface area contributed by atoms with Crippen molar-refractivity contribution in [2.75, 3.05) is 24.6 Å². The quantitative estimate of drug-likeness (QED) is 0.256. The first-order chi connectivity index (χ1) is 16.8. The molecule has 4 saturated carbocycles. The summed E-state index contributed by atoms with van der Waals surface area (Å²) in [6, 6.07) is 0. The zero-order chi connectivity index (χ0) is 25.1. The monoisotopic (exact) mass is 532 g/mol. The second kappa shape index (κ2) is 12.7. The number of hydrogen-bond acceptors (Lipinski definition) is 4. The van der Waals surface area contributed by atoms with Gasteiger partial charge in [0.05, 0.1) is 0 Å². The van der Waals surface area contributed by atoms with Crippen LogP contribution in [0.5, 0.6) is 0 Å². The molecular weight excluding hydrogens is 474 g/mol. The van der Waals surface area contributed by atoms with E-state index in [1.54, 1.807) is 0 Å². The van der Waals surface area contributed by atoms with Gasteiger partial charge in [-0.1, -0.05) is 0 Å². The summed E-state index contributed by atoms with van der Waals surface area (Å²) in [6.45, 7) is 4.74. The Morgan fingerprint density at radius 2 is 0.743 bits per heavy atom. The average molecular weight is 533 g/mol. The van der Waals surface area contributed by atoms with Gasteiger partial charge in [-0.05, 0) is 0 Å². The number of aliphatic hydroxyl groups excluding tert-OH is 4. The predicted molar refractivity (Wildman–Crippen MR) is 156 cm³/mol. The Morgan fingerprint density at radius 3 is 0.943 bits per heavy atom. The molecule has 4 fully saturated rings. The standard InChI is InChI=1S/C29H58O4P2/c1-3-14-34(26-10-6-22(30)18-26,27-11-7-23(31)19-27)16-5-17-35(15-4-2,28-12-8-24(32)20-28)29-13-9-25(33)21-29/h22-35H,3-21H2,1-2H3. The summed E-state index contributed by atoms with van der Waals surface area (Å²) in [7, 11) is -3.28. The van der Waals surface area contributed by atoms with Gasteiger partial charge >= 0.3 is 217 Å². The van der Waals surface area contributed by atoms with Gasteiger partial charge < -0.3 is 0 Å². The first kappa shape index (κ1) is 28.7. The number of aliphatic hydroxyl groups is 4. The summed E-state index contributed by atoms with van der Waals surface area (Å²) < 4.78 is 0. The van der Waals surface area contributed by atoms with E-state index in [1.165, 1.54) is 69.6 Å². The molecule has 0 aromatic carbocycles. The Morgan fingerprint density at radius 1 is 0.457 bits per heavy atom. The van der Waals surface area contributed by atoms with E-state index in [0.29, 0.717) is 0 Å². The number of hydrogen-bond donors (Lipinski definition) is 4. The summed E-state index contributed by atoms with van der Waals surface area (Å²) in [4.78, 5) is 0. The average Bonchev–Trinajstić information content (AvgIpc) is 3.62. The first-order valence-electron chi connectivity index (χ1n) is 15.5. The van der Waals surface area contributed by atoms with E-state index in [9.17, 15) is 20.4 Å². The van der Waals surface area contributed by atoms with Crippen LogP contribution in [-0.4, -0.2) is 92.1 Å². The van der Waals surface area contributed by atoms with E-state index in [2.05, 4.69) is 13.8 Å². The molecule has 0 saturated heterocycles. The van der Waals surface area contributed by atoms with E-state index in [-0.39, 0.29) is 24.4 Å². The summed E-state index contributed by atoms with van der Waals surface area (Å²) in [5, 5.41) is 42.1. The molecule has 4 nitrogen and oxygen atoms in total. The van der Waals surface area contributed by atoms with Crippen LogP contribution < -0.4 is 0 Å². The fraction of sp³-hybridized carbons (Fsp3) is 1.00. The van der Waals surface area contributed by atoms with Crippen molar-refractivity contribution < 1.29 is 20.4 Å². The first-order valence-corrected chi connectivity index (χ1v) is 20.7. The molecule has 4 aliphatic rings.